The summed E-state index contributed by atoms with van der Waals surface area (Å²) in [6.45, 7) is 6.64. The third kappa shape index (κ3) is 2.72. The van der Waals surface area contributed by atoms with Gasteiger partial charge in [0, 0.05) is 5.69 Å². The topological polar surface area (TPSA) is 86.0 Å². The monoisotopic (exact) mass is 233 g/mol. The maximum atomic E-state index is 11.0. The molecule has 90 valence electrons. The number of pyridine rings is 1. The van der Waals surface area contributed by atoms with Gasteiger partial charge in [-0.15, -0.1) is 0 Å². The molecule has 0 radical (unpaired) electrons. The van der Waals surface area contributed by atoms with E-state index in [0.717, 1.165) is 11.3 Å². The largest absolute Gasteiger partial charge is 0.480 e. The Morgan fingerprint density at radius 1 is 1.53 bits per heavy atom. The van der Waals surface area contributed by atoms with Gasteiger partial charge in [-0.3, -0.25) is 0 Å². The Balaban J connectivity index is 3.24. The van der Waals surface area contributed by atoms with E-state index < -0.39 is 11.5 Å². The normalized spacial score (nSPS) is 10.8. The highest BCUT2D eigenvalue weighted by Gasteiger charge is 2.28. The average Bonchev–Trinajstić information content (AvgIpc) is 2.15. The predicted molar refractivity (Wildman–Crippen MR) is 63.8 cm³/mol. The summed E-state index contributed by atoms with van der Waals surface area (Å²) < 4.78 is 0. The van der Waals surface area contributed by atoms with Crippen LogP contribution in [0.1, 0.15) is 30.7 Å². The van der Waals surface area contributed by atoms with Gasteiger partial charge in [0.1, 0.15) is 17.4 Å². The number of hydrogen-bond donors (Lipinski definition) is 2. The van der Waals surface area contributed by atoms with Crippen LogP contribution < -0.4 is 5.32 Å². The van der Waals surface area contributed by atoms with Gasteiger partial charge in [0.05, 0.1) is 5.56 Å². The molecule has 0 aliphatic rings. The molecular formula is C12H15N3O2. The first kappa shape index (κ1) is 13.0. The molecule has 0 amide bonds. The van der Waals surface area contributed by atoms with E-state index in [-0.39, 0.29) is 0 Å². The first-order chi connectivity index (χ1) is 7.77. The van der Waals surface area contributed by atoms with Gasteiger partial charge in [-0.25, -0.2) is 9.78 Å². The maximum absolute atomic E-state index is 11.0. The molecule has 1 heterocycles. The van der Waals surface area contributed by atoms with Crippen LogP contribution in [0.3, 0.4) is 0 Å². The highest BCUT2D eigenvalue weighted by molar-refractivity contribution is 5.82. The first-order valence-corrected chi connectivity index (χ1v) is 5.18. The van der Waals surface area contributed by atoms with Crippen molar-refractivity contribution < 1.29 is 9.90 Å². The molecule has 0 aliphatic heterocycles. The number of nitrogens with zero attached hydrogens (tertiary/aromatic N) is 2. The second kappa shape index (κ2) is 4.42. The van der Waals surface area contributed by atoms with Crippen molar-refractivity contribution in [1.29, 1.82) is 5.26 Å². The number of aliphatic carboxylic acids is 1. The molecule has 0 atom stereocenters. The van der Waals surface area contributed by atoms with Gasteiger partial charge in [-0.1, -0.05) is 0 Å². The zero-order chi connectivity index (χ0) is 13.2. The molecule has 5 heteroatoms. The molecule has 2 N–H and O–H groups in total. The molecule has 0 fully saturated rings. The van der Waals surface area contributed by atoms with E-state index in [1.54, 1.807) is 19.9 Å². The second-order valence-electron chi connectivity index (χ2n) is 4.47. The van der Waals surface area contributed by atoms with Gasteiger partial charge < -0.3 is 10.4 Å². The Kier molecular flexibility index (Phi) is 3.37. The number of nitrogens with one attached hydrogen (secondary N) is 1. The molecule has 1 aromatic heterocycles. The third-order valence-electron chi connectivity index (χ3n) is 2.42. The fourth-order valence-electron chi connectivity index (χ4n) is 1.42. The van der Waals surface area contributed by atoms with Gasteiger partial charge in [0.25, 0.3) is 0 Å². The molecule has 0 unspecified atom stereocenters. The zero-order valence-corrected chi connectivity index (χ0v) is 10.3. The molecule has 17 heavy (non-hydrogen) atoms. The summed E-state index contributed by atoms with van der Waals surface area (Å²) in [5.41, 5.74) is 0.734. The molecule has 0 bridgehead atoms. The fourth-order valence-corrected chi connectivity index (χ4v) is 1.42. The van der Waals surface area contributed by atoms with Gasteiger partial charge in [0.2, 0.25) is 0 Å². The molecule has 0 aromatic carbocycles. The number of rotatable bonds is 3. The Labute approximate surface area is 100 Å². The van der Waals surface area contributed by atoms with Crippen molar-refractivity contribution in [2.24, 2.45) is 0 Å². The van der Waals surface area contributed by atoms with E-state index in [9.17, 15) is 4.79 Å². The standard InChI is InChI=1S/C12H15N3O2/c1-7-5-8(2)14-10(9(7)6-13)15-12(3,4)11(16)17/h5H,1-4H3,(H,14,15)(H,16,17). The second-order valence-corrected chi connectivity index (χ2v) is 4.47. The summed E-state index contributed by atoms with van der Waals surface area (Å²) in [4.78, 5) is 15.2. The van der Waals surface area contributed by atoms with Crippen LogP contribution in [0.5, 0.6) is 0 Å². The van der Waals surface area contributed by atoms with E-state index >= 15 is 0 Å². The number of hydrogen-bond acceptors (Lipinski definition) is 4. The highest BCUT2D eigenvalue weighted by atomic mass is 16.4. The smallest absolute Gasteiger partial charge is 0.328 e. The number of aryl methyl sites for hydroxylation is 2. The lowest BCUT2D eigenvalue weighted by Gasteiger charge is -2.23. The summed E-state index contributed by atoms with van der Waals surface area (Å²) in [6, 6.07) is 3.82. The summed E-state index contributed by atoms with van der Waals surface area (Å²) >= 11 is 0. The average molecular weight is 233 g/mol. The molecule has 1 aromatic rings. The SMILES string of the molecule is Cc1cc(C)c(C#N)c(NC(C)(C)C(=O)O)n1. The highest BCUT2D eigenvalue weighted by Crippen LogP contribution is 2.21. The van der Waals surface area contributed by atoms with E-state index in [4.69, 9.17) is 10.4 Å². The number of carboxylic acid groups (broad SMARTS) is 1. The quantitative estimate of drug-likeness (QED) is 0.832. The van der Waals surface area contributed by atoms with Crippen molar-refractivity contribution in [1.82, 2.24) is 4.98 Å². The van der Waals surface area contributed by atoms with Gasteiger partial charge >= 0.3 is 5.97 Å². The minimum Gasteiger partial charge on any atom is -0.480 e. The van der Waals surface area contributed by atoms with Crippen molar-refractivity contribution in [3.63, 3.8) is 0 Å². The minimum atomic E-state index is -1.17. The van der Waals surface area contributed by atoms with E-state index in [0.29, 0.717) is 11.4 Å². The molecule has 0 saturated carbocycles. The van der Waals surface area contributed by atoms with Crippen LogP contribution in [0.15, 0.2) is 6.07 Å². The predicted octanol–water partition coefficient (Wildman–Crippen LogP) is 1.85. The fraction of sp³-hybridized carbons (Fsp3) is 0.417. The summed E-state index contributed by atoms with van der Waals surface area (Å²) in [5, 5.41) is 20.9. The summed E-state index contributed by atoms with van der Waals surface area (Å²) in [6.07, 6.45) is 0. The number of nitriles is 1. The molecule has 1 rings (SSSR count). The molecular weight excluding hydrogens is 218 g/mol. The van der Waals surface area contributed by atoms with Crippen molar-refractivity contribution in [2.75, 3.05) is 5.32 Å². The molecule has 5 nitrogen and oxygen atoms in total. The minimum absolute atomic E-state index is 0.317. The van der Waals surface area contributed by atoms with Gasteiger partial charge in [-0.05, 0) is 39.3 Å². The lowest BCUT2D eigenvalue weighted by Crippen LogP contribution is -2.40. The van der Waals surface area contributed by atoms with E-state index in [2.05, 4.69) is 10.3 Å². The third-order valence-corrected chi connectivity index (χ3v) is 2.42. The van der Waals surface area contributed by atoms with Gasteiger partial charge in [-0.2, -0.15) is 5.26 Å². The maximum Gasteiger partial charge on any atom is 0.328 e. The van der Waals surface area contributed by atoms with Crippen molar-refractivity contribution in [3.8, 4) is 6.07 Å². The summed E-state index contributed by atoms with van der Waals surface area (Å²) in [7, 11) is 0. The van der Waals surface area contributed by atoms with E-state index in [1.807, 2.05) is 6.07 Å². The van der Waals surface area contributed by atoms with E-state index in [1.165, 1.54) is 13.8 Å². The Morgan fingerprint density at radius 2 is 2.12 bits per heavy atom. The van der Waals surface area contributed by atoms with Crippen LogP contribution in [0, 0.1) is 25.2 Å². The summed E-state index contributed by atoms with van der Waals surface area (Å²) in [5.74, 6) is -0.681. The Hall–Kier alpha value is -2.09. The van der Waals surface area contributed by atoms with Crippen LogP contribution in [0.25, 0.3) is 0 Å². The molecule has 0 spiro atoms. The number of carboxylic acids is 1. The Bertz CT molecular complexity index is 501. The first-order valence-electron chi connectivity index (χ1n) is 5.18. The van der Waals surface area contributed by atoms with Crippen molar-refractivity contribution >= 4 is 11.8 Å². The lowest BCUT2D eigenvalue weighted by molar-refractivity contribution is -0.141. The van der Waals surface area contributed by atoms with Crippen LogP contribution in [-0.4, -0.2) is 21.6 Å². The zero-order valence-electron chi connectivity index (χ0n) is 10.3. The van der Waals surface area contributed by atoms with Crippen molar-refractivity contribution in [3.05, 3.63) is 22.9 Å². The van der Waals surface area contributed by atoms with Crippen LogP contribution in [-0.2, 0) is 4.79 Å². The number of carbonyl (C=O) groups is 1. The number of anilines is 1. The van der Waals surface area contributed by atoms with Crippen LogP contribution >= 0.6 is 0 Å². The van der Waals surface area contributed by atoms with Crippen molar-refractivity contribution in [2.45, 2.75) is 33.2 Å². The molecule has 0 saturated heterocycles. The van der Waals surface area contributed by atoms with Crippen LogP contribution in [0.4, 0.5) is 5.82 Å². The van der Waals surface area contributed by atoms with Gasteiger partial charge in [0.15, 0.2) is 0 Å². The Morgan fingerprint density at radius 3 is 2.59 bits per heavy atom. The van der Waals surface area contributed by atoms with Crippen LogP contribution in [0.2, 0.25) is 0 Å². The number of aromatic nitrogens is 1. The lowest BCUT2D eigenvalue weighted by atomic mass is 10.0. The molecule has 0 aliphatic carbocycles.